The van der Waals surface area contributed by atoms with E-state index < -0.39 is 11.9 Å². The van der Waals surface area contributed by atoms with Gasteiger partial charge in [0, 0.05) is 16.5 Å². The Morgan fingerprint density at radius 3 is 2.14 bits per heavy atom. The number of carbonyl (C=O) groups is 2. The molecule has 118 valence electrons. The molecule has 0 atom stereocenters. The van der Waals surface area contributed by atoms with Crippen LogP contribution < -0.4 is 5.32 Å². The zero-order chi connectivity index (χ0) is 16.1. The van der Waals surface area contributed by atoms with Crippen LogP contribution in [0.2, 0.25) is 5.02 Å². The van der Waals surface area contributed by atoms with Crippen molar-refractivity contribution < 1.29 is 24.9 Å². The second-order valence-electron chi connectivity index (χ2n) is 3.74. The van der Waals surface area contributed by atoms with Crippen LogP contribution in [0.4, 0.5) is 0 Å². The van der Waals surface area contributed by atoms with Crippen LogP contribution in [0, 0.1) is 0 Å². The summed E-state index contributed by atoms with van der Waals surface area (Å²) in [5, 5.41) is 27.3. The molecule has 0 fully saturated rings. The third-order valence-electron chi connectivity index (χ3n) is 2.05. The van der Waals surface area contributed by atoms with Crippen molar-refractivity contribution in [1.82, 2.24) is 5.32 Å². The highest BCUT2D eigenvalue weighted by molar-refractivity contribution is 7.99. The topological polar surface area (TPSA) is 107 Å². The molecule has 0 aliphatic carbocycles. The zero-order valence-electron chi connectivity index (χ0n) is 11.3. The number of aliphatic hydroxyl groups excluding tert-OH is 1. The molecule has 0 aliphatic rings. The molecule has 0 saturated heterocycles. The summed E-state index contributed by atoms with van der Waals surface area (Å²) in [5.74, 6) is -2.56. The van der Waals surface area contributed by atoms with Gasteiger partial charge in [-0.05, 0) is 43.0 Å². The number of hydrogen-bond acceptors (Lipinski definition) is 5. The Kier molecular flexibility index (Phi) is 11.7. The van der Waals surface area contributed by atoms with Gasteiger partial charge in [-0.15, -0.1) is 11.8 Å². The minimum atomic E-state index is -1.82. The third-order valence-corrected chi connectivity index (χ3v) is 3.40. The summed E-state index contributed by atoms with van der Waals surface area (Å²) in [4.78, 5) is 19.5. The number of carboxylic acids is 2. The molecule has 0 saturated carbocycles. The van der Waals surface area contributed by atoms with Crippen molar-refractivity contribution in [3.63, 3.8) is 0 Å². The monoisotopic (exact) mass is 335 g/mol. The van der Waals surface area contributed by atoms with E-state index >= 15 is 0 Å². The summed E-state index contributed by atoms with van der Waals surface area (Å²) in [6.45, 7) is 1.86. The zero-order valence-corrected chi connectivity index (χ0v) is 12.9. The predicted molar refractivity (Wildman–Crippen MR) is 82.0 cm³/mol. The lowest BCUT2D eigenvalue weighted by atomic mass is 10.4. The molecule has 4 N–H and O–H groups in total. The summed E-state index contributed by atoms with van der Waals surface area (Å²) < 4.78 is 0. The smallest absolute Gasteiger partial charge is 0.414 e. The molecule has 6 nitrogen and oxygen atoms in total. The molecule has 1 aromatic carbocycles. The summed E-state index contributed by atoms with van der Waals surface area (Å²) in [6, 6.07) is 7.89. The summed E-state index contributed by atoms with van der Waals surface area (Å²) in [6.07, 6.45) is 1.10. The molecule has 0 unspecified atom stereocenters. The minimum Gasteiger partial charge on any atom is -0.473 e. The maximum Gasteiger partial charge on any atom is 0.414 e. The normalized spacial score (nSPS) is 9.62. The number of rotatable bonds is 7. The van der Waals surface area contributed by atoms with E-state index in [0.29, 0.717) is 6.54 Å². The fraction of sp³-hybridized carbons (Fsp3) is 0.385. The van der Waals surface area contributed by atoms with Crippen LogP contribution in [0.25, 0.3) is 0 Å². The van der Waals surface area contributed by atoms with Gasteiger partial charge in [-0.3, -0.25) is 0 Å². The van der Waals surface area contributed by atoms with Gasteiger partial charge in [-0.25, -0.2) is 9.59 Å². The molecule has 21 heavy (non-hydrogen) atoms. The Labute approximate surface area is 132 Å². The van der Waals surface area contributed by atoms with E-state index in [4.69, 9.17) is 36.5 Å². The van der Waals surface area contributed by atoms with E-state index in [2.05, 4.69) is 5.32 Å². The van der Waals surface area contributed by atoms with Crippen LogP contribution in [0.5, 0.6) is 0 Å². The molecule has 0 bridgehead atoms. The standard InChI is InChI=1S/C11H16ClNOS.C2H2O4/c12-10-2-4-11(5-3-10)15-9-1-6-13-7-8-14;3-1(4)2(5)6/h2-5,13-14H,1,6-9H2;(H,3,4)(H,5,6). The van der Waals surface area contributed by atoms with E-state index in [1.165, 1.54) is 4.90 Å². The molecule has 0 radical (unpaired) electrons. The van der Waals surface area contributed by atoms with Gasteiger partial charge in [0.25, 0.3) is 0 Å². The molecule has 1 rings (SSSR count). The van der Waals surface area contributed by atoms with Gasteiger partial charge in [0.2, 0.25) is 0 Å². The van der Waals surface area contributed by atoms with Crippen LogP contribution in [0.1, 0.15) is 6.42 Å². The summed E-state index contributed by atoms with van der Waals surface area (Å²) in [7, 11) is 0. The van der Waals surface area contributed by atoms with Gasteiger partial charge in [0.1, 0.15) is 0 Å². The first-order chi connectivity index (χ1) is 9.97. The van der Waals surface area contributed by atoms with Crippen molar-refractivity contribution >= 4 is 35.3 Å². The molecular weight excluding hydrogens is 318 g/mol. The number of aliphatic hydroxyl groups is 1. The Bertz CT molecular complexity index is 415. The number of benzene rings is 1. The molecule has 8 heteroatoms. The van der Waals surface area contributed by atoms with Crippen LogP contribution in [-0.2, 0) is 9.59 Å². The lowest BCUT2D eigenvalue weighted by molar-refractivity contribution is -0.159. The Morgan fingerprint density at radius 1 is 1.10 bits per heavy atom. The molecule has 0 aromatic heterocycles. The molecule has 0 amide bonds. The van der Waals surface area contributed by atoms with Gasteiger partial charge < -0.3 is 20.6 Å². The second kappa shape index (κ2) is 12.5. The number of carboxylic acid groups (broad SMARTS) is 2. The lowest BCUT2D eigenvalue weighted by Crippen LogP contribution is -2.19. The highest BCUT2D eigenvalue weighted by atomic mass is 35.5. The molecule has 0 heterocycles. The van der Waals surface area contributed by atoms with E-state index in [9.17, 15) is 0 Å². The highest BCUT2D eigenvalue weighted by Crippen LogP contribution is 2.20. The average molecular weight is 336 g/mol. The van der Waals surface area contributed by atoms with Crippen LogP contribution in [0.3, 0.4) is 0 Å². The van der Waals surface area contributed by atoms with Gasteiger partial charge in [0.15, 0.2) is 0 Å². The number of aliphatic carboxylic acids is 2. The van der Waals surface area contributed by atoms with Crippen LogP contribution >= 0.6 is 23.4 Å². The van der Waals surface area contributed by atoms with Gasteiger partial charge in [-0.1, -0.05) is 11.6 Å². The quantitative estimate of drug-likeness (QED) is 0.340. The first-order valence-electron chi connectivity index (χ1n) is 6.13. The Morgan fingerprint density at radius 2 is 1.67 bits per heavy atom. The first kappa shape index (κ1) is 19.7. The number of thioether (sulfide) groups is 1. The summed E-state index contributed by atoms with van der Waals surface area (Å²) in [5.41, 5.74) is 0. The van der Waals surface area contributed by atoms with Crippen molar-refractivity contribution in [2.24, 2.45) is 0 Å². The fourth-order valence-corrected chi connectivity index (χ4v) is 2.10. The van der Waals surface area contributed by atoms with Crippen molar-refractivity contribution in [2.45, 2.75) is 11.3 Å². The Balaban J connectivity index is 0.000000567. The van der Waals surface area contributed by atoms with Crippen molar-refractivity contribution in [3.05, 3.63) is 29.3 Å². The molecular formula is C13H18ClNO5S. The lowest BCUT2D eigenvalue weighted by Gasteiger charge is -2.03. The maximum atomic E-state index is 9.10. The van der Waals surface area contributed by atoms with Crippen molar-refractivity contribution in [3.8, 4) is 0 Å². The molecule has 0 spiro atoms. The van der Waals surface area contributed by atoms with Crippen LogP contribution in [-0.4, -0.2) is 52.7 Å². The van der Waals surface area contributed by atoms with Crippen LogP contribution in [0.15, 0.2) is 29.2 Å². The third kappa shape index (κ3) is 12.2. The number of nitrogens with one attached hydrogen (secondary N) is 1. The predicted octanol–water partition coefficient (Wildman–Crippen LogP) is 1.56. The van der Waals surface area contributed by atoms with Crippen molar-refractivity contribution in [1.29, 1.82) is 0 Å². The number of hydrogen-bond donors (Lipinski definition) is 4. The van der Waals surface area contributed by atoms with E-state index in [-0.39, 0.29) is 6.61 Å². The van der Waals surface area contributed by atoms with Gasteiger partial charge >= 0.3 is 11.9 Å². The highest BCUT2D eigenvalue weighted by Gasteiger charge is 2.04. The van der Waals surface area contributed by atoms with Gasteiger partial charge in [-0.2, -0.15) is 0 Å². The fourth-order valence-electron chi connectivity index (χ4n) is 1.12. The Hall–Kier alpha value is -1.28. The maximum absolute atomic E-state index is 9.10. The second-order valence-corrected chi connectivity index (χ2v) is 5.34. The average Bonchev–Trinajstić information content (AvgIpc) is 2.45. The van der Waals surface area contributed by atoms with E-state index in [0.717, 1.165) is 23.7 Å². The largest absolute Gasteiger partial charge is 0.473 e. The van der Waals surface area contributed by atoms with E-state index in [1.807, 2.05) is 36.0 Å². The van der Waals surface area contributed by atoms with Gasteiger partial charge in [0.05, 0.1) is 6.61 Å². The number of halogens is 1. The first-order valence-corrected chi connectivity index (χ1v) is 7.50. The van der Waals surface area contributed by atoms with Crippen molar-refractivity contribution in [2.75, 3.05) is 25.4 Å². The SMILES string of the molecule is O=C(O)C(=O)O.OCCNCCCSc1ccc(Cl)cc1. The minimum absolute atomic E-state index is 0.213. The summed E-state index contributed by atoms with van der Waals surface area (Å²) >= 11 is 7.61. The molecule has 1 aromatic rings. The van der Waals surface area contributed by atoms with E-state index in [1.54, 1.807) is 0 Å². The molecule has 0 aliphatic heterocycles.